The summed E-state index contributed by atoms with van der Waals surface area (Å²) >= 11 is 0. The Morgan fingerprint density at radius 2 is 1.96 bits per heavy atom. The van der Waals surface area contributed by atoms with Gasteiger partial charge < -0.3 is 15.4 Å². The zero-order valence-electron chi connectivity index (χ0n) is 15.1. The lowest BCUT2D eigenvalue weighted by Gasteiger charge is -2.34. The van der Waals surface area contributed by atoms with Gasteiger partial charge in [-0.15, -0.1) is 0 Å². The topological polar surface area (TPSA) is 50.4 Å². The van der Waals surface area contributed by atoms with Crippen molar-refractivity contribution in [3.8, 4) is 5.75 Å². The Bertz CT molecular complexity index is 757. The summed E-state index contributed by atoms with van der Waals surface area (Å²) in [6.45, 7) is 5.18. The van der Waals surface area contributed by atoms with Crippen molar-refractivity contribution in [2.45, 2.75) is 26.4 Å². The van der Waals surface area contributed by atoms with Gasteiger partial charge in [0.15, 0.2) is 0 Å². The number of piperidine rings is 1. The first-order valence-electron chi connectivity index (χ1n) is 9.00. The van der Waals surface area contributed by atoms with Crippen LogP contribution in [-0.4, -0.2) is 25.5 Å². The number of nitrogens with one attached hydrogen (secondary N) is 2. The SMILES string of the molecule is CC1(CNC(=O)c2cccc(COc3cccc(F)c3)c2)CCNCC1. The van der Waals surface area contributed by atoms with E-state index in [1.807, 2.05) is 18.2 Å². The van der Waals surface area contributed by atoms with Crippen molar-refractivity contribution >= 4 is 5.91 Å². The zero-order chi connectivity index (χ0) is 18.4. The maximum absolute atomic E-state index is 13.2. The molecule has 0 unspecified atom stereocenters. The number of hydrogen-bond donors (Lipinski definition) is 2. The Kier molecular flexibility index (Phi) is 5.89. The number of hydrogen-bond acceptors (Lipinski definition) is 3. The van der Waals surface area contributed by atoms with Crippen LogP contribution in [0.3, 0.4) is 0 Å². The second kappa shape index (κ2) is 8.32. The number of ether oxygens (including phenoxy) is 1. The van der Waals surface area contributed by atoms with E-state index in [9.17, 15) is 9.18 Å². The maximum Gasteiger partial charge on any atom is 0.251 e. The molecule has 3 rings (SSSR count). The summed E-state index contributed by atoms with van der Waals surface area (Å²) in [4.78, 5) is 12.5. The van der Waals surface area contributed by atoms with Crippen LogP contribution in [0.1, 0.15) is 35.7 Å². The summed E-state index contributed by atoms with van der Waals surface area (Å²) < 4.78 is 18.8. The molecule has 1 saturated heterocycles. The predicted octanol–water partition coefficient (Wildman–Crippen LogP) is 3.52. The Hall–Kier alpha value is -2.40. The Labute approximate surface area is 153 Å². The molecular weight excluding hydrogens is 331 g/mol. The molecule has 2 N–H and O–H groups in total. The minimum Gasteiger partial charge on any atom is -0.489 e. The van der Waals surface area contributed by atoms with Gasteiger partial charge in [0.2, 0.25) is 0 Å². The third-order valence-electron chi connectivity index (χ3n) is 4.88. The van der Waals surface area contributed by atoms with E-state index in [0.29, 0.717) is 17.9 Å². The van der Waals surface area contributed by atoms with E-state index in [1.54, 1.807) is 18.2 Å². The highest BCUT2D eigenvalue weighted by Gasteiger charge is 2.27. The molecule has 2 aromatic rings. The Morgan fingerprint density at radius 3 is 2.73 bits per heavy atom. The highest BCUT2D eigenvalue weighted by atomic mass is 19.1. The minimum atomic E-state index is -0.331. The lowest BCUT2D eigenvalue weighted by Crippen LogP contribution is -2.42. The molecule has 1 aliphatic rings. The molecule has 0 atom stereocenters. The molecule has 26 heavy (non-hydrogen) atoms. The van der Waals surface area contributed by atoms with E-state index in [-0.39, 0.29) is 23.7 Å². The quantitative estimate of drug-likeness (QED) is 0.833. The van der Waals surface area contributed by atoms with Crippen molar-refractivity contribution in [2.24, 2.45) is 5.41 Å². The average molecular weight is 356 g/mol. The summed E-state index contributed by atoms with van der Waals surface area (Å²) in [5.41, 5.74) is 1.64. The second-order valence-corrected chi connectivity index (χ2v) is 7.19. The summed E-state index contributed by atoms with van der Waals surface area (Å²) in [7, 11) is 0. The normalized spacial score (nSPS) is 16.1. The van der Waals surface area contributed by atoms with E-state index < -0.39 is 0 Å². The Morgan fingerprint density at radius 1 is 1.19 bits per heavy atom. The molecule has 0 saturated carbocycles. The molecule has 0 radical (unpaired) electrons. The van der Waals surface area contributed by atoms with Crippen LogP contribution >= 0.6 is 0 Å². The largest absolute Gasteiger partial charge is 0.489 e. The molecule has 0 spiro atoms. The van der Waals surface area contributed by atoms with Crippen molar-refractivity contribution in [3.63, 3.8) is 0 Å². The Balaban J connectivity index is 1.56. The van der Waals surface area contributed by atoms with Gasteiger partial charge in [0, 0.05) is 18.2 Å². The zero-order valence-corrected chi connectivity index (χ0v) is 15.1. The van der Waals surface area contributed by atoms with Crippen LogP contribution < -0.4 is 15.4 Å². The third kappa shape index (κ3) is 5.05. The first kappa shape index (κ1) is 18.4. The molecule has 0 bridgehead atoms. The van der Waals surface area contributed by atoms with E-state index in [1.165, 1.54) is 12.1 Å². The monoisotopic (exact) mass is 356 g/mol. The fourth-order valence-electron chi connectivity index (χ4n) is 3.13. The molecule has 1 amide bonds. The van der Waals surface area contributed by atoms with Crippen molar-refractivity contribution in [2.75, 3.05) is 19.6 Å². The predicted molar refractivity (Wildman–Crippen MR) is 99.7 cm³/mol. The van der Waals surface area contributed by atoms with Gasteiger partial charge in [-0.05, 0) is 61.2 Å². The number of carbonyl (C=O) groups is 1. The van der Waals surface area contributed by atoms with E-state index in [4.69, 9.17) is 4.74 Å². The second-order valence-electron chi connectivity index (χ2n) is 7.19. The molecular formula is C21H25FN2O2. The molecule has 138 valence electrons. The van der Waals surface area contributed by atoms with Gasteiger partial charge in [0.05, 0.1) is 0 Å². The van der Waals surface area contributed by atoms with Crippen molar-refractivity contribution < 1.29 is 13.9 Å². The van der Waals surface area contributed by atoms with Gasteiger partial charge in [-0.25, -0.2) is 4.39 Å². The maximum atomic E-state index is 13.2. The van der Waals surface area contributed by atoms with Gasteiger partial charge in [0.25, 0.3) is 5.91 Å². The smallest absolute Gasteiger partial charge is 0.251 e. The van der Waals surface area contributed by atoms with Gasteiger partial charge in [0.1, 0.15) is 18.2 Å². The van der Waals surface area contributed by atoms with Crippen LogP contribution in [-0.2, 0) is 6.61 Å². The number of rotatable bonds is 6. The lowest BCUT2D eigenvalue weighted by atomic mass is 9.81. The van der Waals surface area contributed by atoms with Crippen LogP contribution in [0.15, 0.2) is 48.5 Å². The lowest BCUT2D eigenvalue weighted by molar-refractivity contribution is 0.0922. The molecule has 1 aliphatic heterocycles. The van der Waals surface area contributed by atoms with Gasteiger partial charge in [-0.2, -0.15) is 0 Å². The number of carbonyl (C=O) groups excluding carboxylic acids is 1. The van der Waals surface area contributed by atoms with Crippen LogP contribution in [0.4, 0.5) is 4.39 Å². The van der Waals surface area contributed by atoms with Crippen LogP contribution in [0.5, 0.6) is 5.75 Å². The van der Waals surface area contributed by atoms with Gasteiger partial charge in [-0.1, -0.05) is 25.1 Å². The van der Waals surface area contributed by atoms with Crippen LogP contribution in [0.25, 0.3) is 0 Å². The molecule has 1 heterocycles. The van der Waals surface area contributed by atoms with Crippen molar-refractivity contribution in [1.29, 1.82) is 0 Å². The van der Waals surface area contributed by atoms with Crippen LogP contribution in [0.2, 0.25) is 0 Å². The summed E-state index contributed by atoms with van der Waals surface area (Å²) in [6.07, 6.45) is 2.13. The number of amides is 1. The van der Waals surface area contributed by atoms with Crippen molar-refractivity contribution in [1.82, 2.24) is 10.6 Å². The highest BCUT2D eigenvalue weighted by Crippen LogP contribution is 2.26. The summed E-state index contributed by atoms with van der Waals surface area (Å²) in [6, 6.07) is 13.4. The molecule has 0 aromatic heterocycles. The van der Waals surface area contributed by atoms with E-state index in [0.717, 1.165) is 31.5 Å². The summed E-state index contributed by atoms with van der Waals surface area (Å²) in [5.74, 6) is 0.0677. The van der Waals surface area contributed by atoms with E-state index in [2.05, 4.69) is 17.6 Å². The van der Waals surface area contributed by atoms with Crippen molar-refractivity contribution in [3.05, 3.63) is 65.5 Å². The number of halogens is 1. The van der Waals surface area contributed by atoms with Gasteiger partial charge >= 0.3 is 0 Å². The van der Waals surface area contributed by atoms with Crippen LogP contribution in [0, 0.1) is 11.2 Å². The summed E-state index contributed by atoms with van der Waals surface area (Å²) in [5, 5.41) is 6.41. The van der Waals surface area contributed by atoms with E-state index >= 15 is 0 Å². The minimum absolute atomic E-state index is 0.0719. The third-order valence-corrected chi connectivity index (χ3v) is 4.88. The molecule has 0 aliphatic carbocycles. The molecule has 5 heteroatoms. The fourth-order valence-corrected chi connectivity index (χ4v) is 3.13. The molecule has 4 nitrogen and oxygen atoms in total. The fraction of sp³-hybridized carbons (Fsp3) is 0.381. The first-order chi connectivity index (χ1) is 12.5. The molecule has 1 fully saturated rings. The first-order valence-corrected chi connectivity index (χ1v) is 9.00. The molecule has 2 aromatic carbocycles. The number of benzene rings is 2. The standard InChI is InChI=1S/C21H25FN2O2/c1-21(8-10-23-11-9-21)15-24-20(25)17-5-2-4-16(12-17)14-26-19-7-3-6-18(22)13-19/h2-7,12-13,23H,8-11,14-15H2,1H3,(H,24,25). The highest BCUT2D eigenvalue weighted by molar-refractivity contribution is 5.94. The van der Waals surface area contributed by atoms with Gasteiger partial charge in [-0.3, -0.25) is 4.79 Å². The average Bonchev–Trinajstić information content (AvgIpc) is 2.65.